The van der Waals surface area contributed by atoms with Gasteiger partial charge in [0.25, 0.3) is 0 Å². The van der Waals surface area contributed by atoms with Crippen molar-refractivity contribution in [2.24, 2.45) is 11.7 Å². The summed E-state index contributed by atoms with van der Waals surface area (Å²) in [7, 11) is 0. The number of urea groups is 1. The Bertz CT molecular complexity index is 766. The Kier molecular flexibility index (Phi) is 11.8. The van der Waals surface area contributed by atoms with E-state index in [1.54, 1.807) is 24.3 Å². The minimum absolute atomic E-state index is 0.111. The normalized spacial score (nSPS) is 12.5. The van der Waals surface area contributed by atoms with E-state index in [4.69, 9.17) is 10.8 Å². The molecule has 0 spiro atoms. The first kappa shape index (κ1) is 26.9. The van der Waals surface area contributed by atoms with Crippen molar-refractivity contribution in [3.8, 4) is 0 Å². The average Bonchev–Trinajstić information content (AvgIpc) is 2.74. The molecule has 0 aliphatic carbocycles. The van der Waals surface area contributed by atoms with E-state index in [1.165, 1.54) is 0 Å². The van der Waals surface area contributed by atoms with Gasteiger partial charge in [-0.1, -0.05) is 32.9 Å². The van der Waals surface area contributed by atoms with Crippen molar-refractivity contribution in [3.63, 3.8) is 0 Å². The minimum Gasteiger partial charge on any atom is -0.392 e. The molecule has 10 nitrogen and oxygen atoms in total. The third-order valence-corrected chi connectivity index (χ3v) is 4.75. The van der Waals surface area contributed by atoms with Crippen molar-refractivity contribution in [1.29, 1.82) is 0 Å². The lowest BCUT2D eigenvalue weighted by Gasteiger charge is -2.25. The van der Waals surface area contributed by atoms with Gasteiger partial charge in [0.2, 0.25) is 17.7 Å². The summed E-state index contributed by atoms with van der Waals surface area (Å²) in [6, 6.07) is 4.32. The van der Waals surface area contributed by atoms with Crippen LogP contribution in [0.1, 0.15) is 52.0 Å². The molecule has 1 rings (SSSR count). The molecule has 32 heavy (non-hydrogen) atoms. The summed E-state index contributed by atoms with van der Waals surface area (Å²) in [5, 5.41) is 19.8. The number of aliphatic hydroxyl groups excluding tert-OH is 1. The molecule has 1 aromatic carbocycles. The van der Waals surface area contributed by atoms with Crippen molar-refractivity contribution in [2.75, 3.05) is 11.9 Å². The fraction of sp³-hybridized carbons (Fsp3) is 0.545. The van der Waals surface area contributed by atoms with Crippen LogP contribution >= 0.6 is 0 Å². The smallest absolute Gasteiger partial charge is 0.312 e. The van der Waals surface area contributed by atoms with Crippen molar-refractivity contribution in [1.82, 2.24) is 16.0 Å². The number of amides is 5. The summed E-state index contributed by atoms with van der Waals surface area (Å²) in [6.07, 6.45) is 1.62. The van der Waals surface area contributed by atoms with Crippen molar-refractivity contribution in [3.05, 3.63) is 29.8 Å². The molecule has 10 heteroatoms. The quantitative estimate of drug-likeness (QED) is 0.247. The van der Waals surface area contributed by atoms with Gasteiger partial charge in [0.1, 0.15) is 12.1 Å². The predicted octanol–water partition coefficient (Wildman–Crippen LogP) is 0.992. The van der Waals surface area contributed by atoms with Crippen LogP contribution in [0.4, 0.5) is 10.5 Å². The molecule has 0 bridgehead atoms. The third-order valence-electron chi connectivity index (χ3n) is 4.75. The van der Waals surface area contributed by atoms with Gasteiger partial charge in [0.05, 0.1) is 6.61 Å². The number of hydrogen-bond donors (Lipinski definition) is 6. The van der Waals surface area contributed by atoms with E-state index >= 15 is 0 Å². The molecule has 0 aliphatic rings. The Labute approximate surface area is 188 Å². The van der Waals surface area contributed by atoms with Gasteiger partial charge in [0.15, 0.2) is 0 Å². The maximum absolute atomic E-state index is 12.9. The zero-order chi connectivity index (χ0) is 24.1. The summed E-state index contributed by atoms with van der Waals surface area (Å²) >= 11 is 0. The fourth-order valence-electron chi connectivity index (χ4n) is 2.98. The number of nitrogens with two attached hydrogens (primary N) is 1. The fourth-order valence-corrected chi connectivity index (χ4v) is 2.98. The molecule has 1 unspecified atom stereocenters. The number of anilines is 1. The summed E-state index contributed by atoms with van der Waals surface area (Å²) < 4.78 is 0. The Morgan fingerprint density at radius 3 is 2.22 bits per heavy atom. The molecule has 1 aromatic rings. The van der Waals surface area contributed by atoms with E-state index < -0.39 is 29.9 Å². The monoisotopic (exact) mass is 449 g/mol. The number of benzene rings is 1. The zero-order valence-corrected chi connectivity index (χ0v) is 18.9. The number of aliphatic hydroxyl groups is 1. The Hall–Kier alpha value is -3.14. The Morgan fingerprint density at radius 1 is 1.03 bits per heavy atom. The highest BCUT2D eigenvalue weighted by Crippen LogP contribution is 2.12. The van der Waals surface area contributed by atoms with E-state index in [1.807, 2.05) is 20.8 Å². The second-order valence-corrected chi connectivity index (χ2v) is 7.88. The summed E-state index contributed by atoms with van der Waals surface area (Å²) in [4.78, 5) is 48.6. The second kappa shape index (κ2) is 14.0. The maximum atomic E-state index is 12.9. The van der Waals surface area contributed by atoms with Gasteiger partial charge in [-0.15, -0.1) is 0 Å². The highest BCUT2D eigenvalue weighted by atomic mass is 16.3. The largest absolute Gasteiger partial charge is 0.392 e. The number of carbonyl (C=O) groups is 4. The molecule has 2 atom stereocenters. The first-order valence-corrected chi connectivity index (χ1v) is 10.8. The number of carbonyl (C=O) groups excluding carboxylic acids is 4. The van der Waals surface area contributed by atoms with E-state index in [0.29, 0.717) is 30.5 Å². The number of rotatable bonds is 13. The van der Waals surface area contributed by atoms with E-state index in [9.17, 15) is 19.2 Å². The second-order valence-electron chi connectivity index (χ2n) is 7.88. The zero-order valence-electron chi connectivity index (χ0n) is 18.9. The number of primary amides is 1. The average molecular weight is 450 g/mol. The SMILES string of the molecule is CCCC(=O)NC(C(=O)N[C@@H](CCCNC(N)=O)C(=O)Nc1ccc(CO)cc1)C(C)C. The summed E-state index contributed by atoms with van der Waals surface area (Å²) in [5.74, 6) is -1.29. The molecule has 7 N–H and O–H groups in total. The van der Waals surface area contributed by atoms with Crippen molar-refractivity contribution < 1.29 is 24.3 Å². The highest BCUT2D eigenvalue weighted by molar-refractivity contribution is 5.98. The lowest BCUT2D eigenvalue weighted by Crippen LogP contribution is -2.54. The lowest BCUT2D eigenvalue weighted by atomic mass is 10.0. The molecular formula is C22H35N5O5. The van der Waals surface area contributed by atoms with E-state index in [2.05, 4.69) is 21.3 Å². The van der Waals surface area contributed by atoms with Crippen LogP contribution in [0.25, 0.3) is 0 Å². The topological polar surface area (TPSA) is 163 Å². The van der Waals surface area contributed by atoms with Crippen LogP contribution in [0.5, 0.6) is 0 Å². The predicted molar refractivity (Wildman–Crippen MR) is 121 cm³/mol. The molecule has 5 amide bonds. The highest BCUT2D eigenvalue weighted by Gasteiger charge is 2.28. The van der Waals surface area contributed by atoms with E-state index in [-0.39, 0.29) is 31.4 Å². The lowest BCUT2D eigenvalue weighted by molar-refractivity contribution is -0.132. The summed E-state index contributed by atoms with van der Waals surface area (Å²) in [6.45, 7) is 5.63. The number of nitrogens with one attached hydrogen (secondary N) is 4. The molecule has 0 aromatic heterocycles. The van der Waals surface area contributed by atoms with Gasteiger partial charge in [0, 0.05) is 18.7 Å². The van der Waals surface area contributed by atoms with Crippen LogP contribution < -0.4 is 27.0 Å². The van der Waals surface area contributed by atoms with Crippen LogP contribution in [0.15, 0.2) is 24.3 Å². The van der Waals surface area contributed by atoms with Gasteiger partial charge < -0.3 is 32.1 Å². The van der Waals surface area contributed by atoms with Gasteiger partial charge in [-0.2, -0.15) is 0 Å². The van der Waals surface area contributed by atoms with Crippen LogP contribution in [0.3, 0.4) is 0 Å². The molecule has 0 fully saturated rings. The van der Waals surface area contributed by atoms with Gasteiger partial charge in [-0.3, -0.25) is 14.4 Å². The van der Waals surface area contributed by atoms with Gasteiger partial charge >= 0.3 is 6.03 Å². The standard InChI is InChI=1S/C22H35N5O5/c1-4-6-18(29)27-19(14(2)3)21(31)26-17(7-5-12-24-22(23)32)20(30)25-16-10-8-15(13-28)9-11-16/h8-11,14,17,19,28H,4-7,12-13H2,1-3H3,(H,25,30)(H,26,31)(H,27,29)(H3,23,24,32)/t17-,19?/m0/s1. The van der Waals surface area contributed by atoms with Crippen LogP contribution in [-0.4, -0.2) is 47.5 Å². The van der Waals surface area contributed by atoms with Gasteiger partial charge in [-0.05, 0) is 42.9 Å². The Morgan fingerprint density at radius 2 is 1.69 bits per heavy atom. The molecular weight excluding hydrogens is 414 g/mol. The summed E-state index contributed by atoms with van der Waals surface area (Å²) in [5.41, 5.74) is 6.28. The first-order chi connectivity index (χ1) is 15.2. The Balaban J connectivity index is 2.89. The van der Waals surface area contributed by atoms with Crippen molar-refractivity contribution >= 4 is 29.4 Å². The molecule has 0 saturated heterocycles. The van der Waals surface area contributed by atoms with Gasteiger partial charge in [-0.25, -0.2) is 4.79 Å². The minimum atomic E-state index is -0.890. The number of hydrogen-bond acceptors (Lipinski definition) is 5. The molecule has 0 saturated carbocycles. The van der Waals surface area contributed by atoms with Crippen LogP contribution in [-0.2, 0) is 21.0 Å². The molecule has 0 heterocycles. The molecule has 0 radical (unpaired) electrons. The first-order valence-electron chi connectivity index (χ1n) is 10.8. The van der Waals surface area contributed by atoms with Crippen LogP contribution in [0.2, 0.25) is 0 Å². The maximum Gasteiger partial charge on any atom is 0.312 e. The van der Waals surface area contributed by atoms with Crippen molar-refractivity contribution in [2.45, 2.75) is 65.1 Å². The van der Waals surface area contributed by atoms with E-state index in [0.717, 1.165) is 0 Å². The third kappa shape index (κ3) is 9.78. The van der Waals surface area contributed by atoms with Crippen LogP contribution in [0, 0.1) is 5.92 Å². The molecule has 0 aliphatic heterocycles. The molecule has 178 valence electrons.